The highest BCUT2D eigenvalue weighted by atomic mass is 32.2. The highest BCUT2D eigenvalue weighted by Gasteiger charge is 2.31. The fourth-order valence-electron chi connectivity index (χ4n) is 2.64. The highest BCUT2D eigenvalue weighted by molar-refractivity contribution is 7.85. The van der Waals surface area contributed by atoms with Crippen LogP contribution in [0.5, 0.6) is 0 Å². The Kier molecular flexibility index (Phi) is 5.40. The Morgan fingerprint density at radius 1 is 1.38 bits per heavy atom. The van der Waals surface area contributed by atoms with Gasteiger partial charge in [0.05, 0.1) is 11.4 Å². The van der Waals surface area contributed by atoms with Gasteiger partial charge in [0.1, 0.15) is 0 Å². The monoisotopic (exact) mass is 352 g/mol. The lowest BCUT2D eigenvalue weighted by atomic mass is 10.1. The van der Waals surface area contributed by atoms with Crippen molar-refractivity contribution < 1.29 is 22.6 Å². The first-order valence-electron chi connectivity index (χ1n) is 7.58. The van der Waals surface area contributed by atoms with Crippen LogP contribution in [0.1, 0.15) is 25.8 Å². The average Bonchev–Trinajstić information content (AvgIpc) is 2.81. The van der Waals surface area contributed by atoms with Crippen molar-refractivity contribution in [2.24, 2.45) is 0 Å². The molecule has 0 unspecified atom stereocenters. The summed E-state index contributed by atoms with van der Waals surface area (Å²) in [6.07, 6.45) is 0.973. The predicted molar refractivity (Wildman–Crippen MR) is 88.1 cm³/mol. The van der Waals surface area contributed by atoms with E-state index in [-0.39, 0.29) is 17.3 Å². The minimum Gasteiger partial charge on any atom is -0.337 e. The van der Waals surface area contributed by atoms with Crippen molar-refractivity contribution in [1.82, 2.24) is 10.2 Å². The van der Waals surface area contributed by atoms with E-state index in [4.69, 9.17) is 4.55 Å². The molecule has 2 rings (SSSR count). The summed E-state index contributed by atoms with van der Waals surface area (Å²) in [5.41, 5.74) is 2.23. The Morgan fingerprint density at radius 2 is 2.08 bits per heavy atom. The zero-order valence-corrected chi connectivity index (χ0v) is 14.4. The number of imide groups is 1. The second-order valence-corrected chi connectivity index (χ2v) is 7.03. The molecule has 0 spiro atoms. The van der Waals surface area contributed by atoms with E-state index in [0.29, 0.717) is 30.5 Å². The molecular weight excluding hydrogens is 332 g/mol. The van der Waals surface area contributed by atoms with Gasteiger partial charge in [-0.3, -0.25) is 14.2 Å². The molecule has 0 atom stereocenters. The van der Waals surface area contributed by atoms with Gasteiger partial charge in [0, 0.05) is 12.1 Å². The molecule has 1 aliphatic rings. The molecule has 1 aromatic carbocycles. The van der Waals surface area contributed by atoms with Crippen LogP contribution in [0.2, 0.25) is 0 Å². The molecule has 0 fully saturated rings. The lowest BCUT2D eigenvalue weighted by Crippen LogP contribution is -2.42. The van der Waals surface area contributed by atoms with Crippen LogP contribution in [0.4, 0.5) is 4.79 Å². The molecule has 3 amide bonds. The number of rotatable bonds is 5. The second kappa shape index (κ2) is 7.14. The van der Waals surface area contributed by atoms with E-state index in [1.165, 1.54) is 23.1 Å². The Bertz CT molecular complexity index is 798. The standard InChI is InChI=1S/C16H20N2O5S/c1-3-14-11(2)10-18(15(14)19)16(20)17-8-7-12-5-4-6-13(9-12)24(21,22)23/h4-6,9H,3,7-8,10H2,1-2H3,(H,17,20)(H,21,22,23). The van der Waals surface area contributed by atoms with Gasteiger partial charge in [0.2, 0.25) is 0 Å². The van der Waals surface area contributed by atoms with Crippen molar-refractivity contribution in [3.8, 4) is 0 Å². The lowest BCUT2D eigenvalue weighted by Gasteiger charge is -2.16. The van der Waals surface area contributed by atoms with E-state index < -0.39 is 16.1 Å². The molecule has 130 valence electrons. The topological polar surface area (TPSA) is 104 Å². The normalized spacial score (nSPS) is 15.1. The van der Waals surface area contributed by atoms with E-state index in [2.05, 4.69) is 5.32 Å². The summed E-state index contributed by atoms with van der Waals surface area (Å²) in [6, 6.07) is 5.40. The van der Waals surface area contributed by atoms with Gasteiger partial charge in [-0.05, 0) is 43.0 Å². The number of hydrogen-bond acceptors (Lipinski definition) is 4. The predicted octanol–water partition coefficient (Wildman–Crippen LogP) is 1.75. The maximum absolute atomic E-state index is 12.1. The lowest BCUT2D eigenvalue weighted by molar-refractivity contribution is -0.123. The number of benzene rings is 1. The van der Waals surface area contributed by atoms with E-state index in [1.807, 2.05) is 13.8 Å². The Morgan fingerprint density at radius 3 is 2.67 bits per heavy atom. The van der Waals surface area contributed by atoms with Crippen LogP contribution < -0.4 is 5.32 Å². The number of urea groups is 1. The molecule has 8 heteroatoms. The van der Waals surface area contributed by atoms with E-state index in [1.54, 1.807) is 6.07 Å². The van der Waals surface area contributed by atoms with Crippen molar-refractivity contribution in [2.45, 2.75) is 31.6 Å². The number of hydrogen-bond donors (Lipinski definition) is 2. The van der Waals surface area contributed by atoms with Gasteiger partial charge in [-0.25, -0.2) is 4.79 Å². The van der Waals surface area contributed by atoms with Crippen molar-refractivity contribution >= 4 is 22.1 Å². The van der Waals surface area contributed by atoms with Crippen LogP contribution in [0.3, 0.4) is 0 Å². The molecule has 1 aliphatic heterocycles. The van der Waals surface area contributed by atoms with Crippen molar-refractivity contribution in [3.05, 3.63) is 41.0 Å². The number of nitrogens with one attached hydrogen (secondary N) is 1. The first-order valence-corrected chi connectivity index (χ1v) is 9.02. The number of carbonyl (C=O) groups excluding carboxylic acids is 2. The summed E-state index contributed by atoms with van der Waals surface area (Å²) in [4.78, 5) is 25.2. The van der Waals surface area contributed by atoms with Gasteiger partial charge >= 0.3 is 6.03 Å². The molecule has 0 saturated heterocycles. The fraction of sp³-hybridized carbons (Fsp3) is 0.375. The van der Waals surface area contributed by atoms with Crippen LogP contribution in [0.25, 0.3) is 0 Å². The SMILES string of the molecule is CCC1=C(C)CN(C(=O)NCCc2cccc(S(=O)(=O)O)c2)C1=O. The molecule has 0 aliphatic carbocycles. The van der Waals surface area contributed by atoms with Gasteiger partial charge in [-0.15, -0.1) is 0 Å². The molecule has 0 aromatic heterocycles. The molecule has 24 heavy (non-hydrogen) atoms. The van der Waals surface area contributed by atoms with Crippen LogP contribution in [0, 0.1) is 0 Å². The zero-order chi connectivity index (χ0) is 17.9. The number of nitrogens with zero attached hydrogens (tertiary/aromatic N) is 1. The Hall–Kier alpha value is -2.19. The van der Waals surface area contributed by atoms with Crippen LogP contribution in [-0.4, -0.2) is 42.9 Å². The Labute approximate surface area is 141 Å². The fourth-order valence-corrected chi connectivity index (χ4v) is 3.19. The molecule has 1 heterocycles. The number of carbonyl (C=O) groups is 2. The van der Waals surface area contributed by atoms with Crippen molar-refractivity contribution in [2.75, 3.05) is 13.1 Å². The molecule has 7 nitrogen and oxygen atoms in total. The van der Waals surface area contributed by atoms with Gasteiger partial charge in [-0.1, -0.05) is 19.1 Å². The van der Waals surface area contributed by atoms with Gasteiger partial charge in [-0.2, -0.15) is 8.42 Å². The summed E-state index contributed by atoms with van der Waals surface area (Å²) >= 11 is 0. The maximum atomic E-state index is 12.1. The quantitative estimate of drug-likeness (QED) is 0.786. The summed E-state index contributed by atoms with van der Waals surface area (Å²) in [6.45, 7) is 4.26. The third-order valence-electron chi connectivity index (χ3n) is 3.90. The summed E-state index contributed by atoms with van der Waals surface area (Å²) in [7, 11) is -4.25. The van der Waals surface area contributed by atoms with E-state index in [9.17, 15) is 18.0 Å². The van der Waals surface area contributed by atoms with Crippen LogP contribution in [0.15, 0.2) is 40.3 Å². The summed E-state index contributed by atoms with van der Waals surface area (Å²) in [5, 5.41) is 2.65. The molecular formula is C16H20N2O5S. The van der Waals surface area contributed by atoms with Crippen LogP contribution in [-0.2, 0) is 21.3 Å². The second-order valence-electron chi connectivity index (χ2n) is 5.61. The Balaban J connectivity index is 1.92. The van der Waals surface area contributed by atoms with Crippen molar-refractivity contribution in [3.63, 3.8) is 0 Å². The number of amides is 3. The largest absolute Gasteiger partial charge is 0.337 e. The zero-order valence-electron chi connectivity index (χ0n) is 13.6. The highest BCUT2D eigenvalue weighted by Crippen LogP contribution is 2.21. The average molecular weight is 352 g/mol. The minimum atomic E-state index is -4.25. The molecule has 0 radical (unpaired) electrons. The third kappa shape index (κ3) is 4.01. The maximum Gasteiger partial charge on any atom is 0.324 e. The summed E-state index contributed by atoms with van der Waals surface area (Å²) in [5.74, 6) is -0.263. The summed E-state index contributed by atoms with van der Waals surface area (Å²) < 4.78 is 31.2. The van der Waals surface area contributed by atoms with E-state index >= 15 is 0 Å². The minimum absolute atomic E-state index is 0.187. The van der Waals surface area contributed by atoms with Gasteiger partial charge < -0.3 is 5.32 Å². The van der Waals surface area contributed by atoms with Gasteiger partial charge in [0.15, 0.2) is 0 Å². The first kappa shape index (κ1) is 18.2. The van der Waals surface area contributed by atoms with Crippen molar-refractivity contribution in [1.29, 1.82) is 0 Å². The molecule has 0 bridgehead atoms. The van der Waals surface area contributed by atoms with Crippen LogP contribution >= 0.6 is 0 Å². The third-order valence-corrected chi connectivity index (χ3v) is 4.75. The molecule has 0 saturated carbocycles. The van der Waals surface area contributed by atoms with E-state index in [0.717, 1.165) is 5.57 Å². The molecule has 2 N–H and O–H groups in total. The van der Waals surface area contributed by atoms with Gasteiger partial charge in [0.25, 0.3) is 16.0 Å². The smallest absolute Gasteiger partial charge is 0.324 e. The first-order chi connectivity index (χ1) is 11.2. The molecule has 1 aromatic rings.